The fourth-order valence-electron chi connectivity index (χ4n) is 3.18. The summed E-state index contributed by atoms with van der Waals surface area (Å²) in [7, 11) is 0. The molecule has 5 rings (SSSR count). The maximum Gasteiger partial charge on any atom is 0.277 e. The summed E-state index contributed by atoms with van der Waals surface area (Å²) in [5.41, 5.74) is 0.965. The van der Waals surface area contributed by atoms with Gasteiger partial charge in [0.05, 0.1) is 11.4 Å². The zero-order valence-corrected chi connectivity index (χ0v) is 16.9. The molecule has 0 saturated carbocycles. The summed E-state index contributed by atoms with van der Waals surface area (Å²) in [5, 5.41) is 8.46. The SMILES string of the molecule is O=C(CSc1nnc([C@H]2COc3ccccc3O2)o1)N1CCSc2ccccc21. The number of para-hydroxylation sites is 3. The quantitative estimate of drug-likeness (QED) is 0.582. The van der Waals surface area contributed by atoms with Gasteiger partial charge in [-0.15, -0.1) is 22.0 Å². The van der Waals surface area contributed by atoms with Gasteiger partial charge in [-0.1, -0.05) is 36.0 Å². The molecule has 7 nitrogen and oxygen atoms in total. The first-order valence-electron chi connectivity index (χ1n) is 9.15. The van der Waals surface area contributed by atoms with Crippen molar-refractivity contribution in [3.8, 4) is 11.5 Å². The van der Waals surface area contributed by atoms with Gasteiger partial charge in [0.15, 0.2) is 11.5 Å². The summed E-state index contributed by atoms with van der Waals surface area (Å²) in [6.07, 6.45) is -0.464. The minimum Gasteiger partial charge on any atom is -0.485 e. The fourth-order valence-corrected chi connectivity index (χ4v) is 4.82. The number of carbonyl (C=O) groups excluding carboxylic acids is 1. The number of amides is 1. The smallest absolute Gasteiger partial charge is 0.277 e. The van der Waals surface area contributed by atoms with Gasteiger partial charge in [0.25, 0.3) is 11.1 Å². The second-order valence-electron chi connectivity index (χ2n) is 6.42. The van der Waals surface area contributed by atoms with E-state index in [1.165, 1.54) is 11.8 Å². The predicted molar refractivity (Wildman–Crippen MR) is 110 cm³/mol. The van der Waals surface area contributed by atoms with Crippen LogP contribution in [0.1, 0.15) is 12.0 Å². The Bertz CT molecular complexity index is 1040. The highest BCUT2D eigenvalue weighted by Crippen LogP contribution is 2.37. The van der Waals surface area contributed by atoms with Crippen LogP contribution in [-0.4, -0.2) is 40.8 Å². The summed E-state index contributed by atoms with van der Waals surface area (Å²) >= 11 is 3.00. The number of fused-ring (bicyclic) bond motifs is 2. The zero-order chi connectivity index (χ0) is 19.6. The largest absolute Gasteiger partial charge is 0.485 e. The van der Waals surface area contributed by atoms with Crippen LogP contribution in [0.5, 0.6) is 11.5 Å². The third kappa shape index (κ3) is 3.79. The Kier molecular flexibility index (Phi) is 5.07. The van der Waals surface area contributed by atoms with Gasteiger partial charge in [-0.3, -0.25) is 4.79 Å². The summed E-state index contributed by atoms with van der Waals surface area (Å²) in [6, 6.07) is 15.4. The molecule has 9 heteroatoms. The van der Waals surface area contributed by atoms with E-state index in [2.05, 4.69) is 10.2 Å². The molecule has 0 radical (unpaired) electrons. The van der Waals surface area contributed by atoms with Crippen molar-refractivity contribution in [1.82, 2.24) is 10.2 Å². The van der Waals surface area contributed by atoms with Crippen LogP contribution in [0.15, 0.2) is 63.1 Å². The van der Waals surface area contributed by atoms with Gasteiger partial charge in [0, 0.05) is 17.2 Å². The molecule has 1 amide bonds. The molecule has 0 spiro atoms. The maximum absolute atomic E-state index is 12.7. The molecule has 0 unspecified atom stereocenters. The maximum atomic E-state index is 12.7. The molecular formula is C20H17N3O4S2. The van der Waals surface area contributed by atoms with E-state index in [9.17, 15) is 4.79 Å². The number of thioether (sulfide) groups is 2. The molecule has 0 aliphatic carbocycles. The lowest BCUT2D eigenvalue weighted by atomic mass is 10.2. The molecule has 1 atom stereocenters. The molecule has 2 aliphatic rings. The van der Waals surface area contributed by atoms with E-state index in [1.807, 2.05) is 53.4 Å². The lowest BCUT2D eigenvalue weighted by Crippen LogP contribution is -2.36. The van der Waals surface area contributed by atoms with Crippen LogP contribution in [0.4, 0.5) is 5.69 Å². The van der Waals surface area contributed by atoms with Gasteiger partial charge >= 0.3 is 0 Å². The van der Waals surface area contributed by atoms with E-state index in [-0.39, 0.29) is 11.7 Å². The van der Waals surface area contributed by atoms with Crippen molar-refractivity contribution in [3.05, 3.63) is 54.4 Å². The standard InChI is InChI=1S/C20H17N3O4S2/c24-18(23-9-10-28-17-8-4-1-5-13(17)23)12-29-20-22-21-19(27-20)16-11-25-14-6-2-3-7-15(14)26-16/h1-8,16H,9-12H2/t16-/m1/s1. The number of aromatic nitrogens is 2. The van der Waals surface area contributed by atoms with Crippen molar-refractivity contribution < 1.29 is 18.7 Å². The van der Waals surface area contributed by atoms with E-state index in [0.717, 1.165) is 16.3 Å². The number of nitrogens with zero attached hydrogens (tertiary/aromatic N) is 3. The van der Waals surface area contributed by atoms with Crippen molar-refractivity contribution in [2.24, 2.45) is 0 Å². The molecule has 0 saturated heterocycles. The number of hydrogen-bond donors (Lipinski definition) is 0. The van der Waals surface area contributed by atoms with Crippen molar-refractivity contribution >= 4 is 35.1 Å². The second kappa shape index (κ2) is 8.00. The Morgan fingerprint density at radius 2 is 1.97 bits per heavy atom. The summed E-state index contributed by atoms with van der Waals surface area (Å²) in [6.45, 7) is 0.993. The highest BCUT2D eigenvalue weighted by atomic mass is 32.2. The van der Waals surface area contributed by atoms with Crippen LogP contribution in [0, 0.1) is 0 Å². The minimum absolute atomic E-state index is 0.0219. The molecule has 29 heavy (non-hydrogen) atoms. The van der Waals surface area contributed by atoms with Crippen molar-refractivity contribution in [3.63, 3.8) is 0 Å². The first-order valence-corrected chi connectivity index (χ1v) is 11.1. The lowest BCUT2D eigenvalue weighted by molar-refractivity contribution is -0.116. The van der Waals surface area contributed by atoms with E-state index in [0.29, 0.717) is 35.8 Å². The van der Waals surface area contributed by atoms with Crippen LogP contribution < -0.4 is 14.4 Å². The fraction of sp³-hybridized carbons (Fsp3) is 0.250. The molecule has 3 heterocycles. The van der Waals surface area contributed by atoms with E-state index >= 15 is 0 Å². The highest BCUT2D eigenvalue weighted by molar-refractivity contribution is 8.00. The number of rotatable bonds is 4. The van der Waals surface area contributed by atoms with Gasteiger partial charge in [-0.25, -0.2) is 0 Å². The second-order valence-corrected chi connectivity index (χ2v) is 8.48. The van der Waals surface area contributed by atoms with Gasteiger partial charge in [0.2, 0.25) is 12.0 Å². The van der Waals surface area contributed by atoms with E-state index in [1.54, 1.807) is 11.8 Å². The van der Waals surface area contributed by atoms with Gasteiger partial charge in [-0.2, -0.15) is 0 Å². The third-order valence-electron chi connectivity index (χ3n) is 4.55. The lowest BCUT2D eigenvalue weighted by Gasteiger charge is -2.28. The monoisotopic (exact) mass is 427 g/mol. The minimum atomic E-state index is -0.464. The van der Waals surface area contributed by atoms with Gasteiger partial charge in [0.1, 0.15) is 6.61 Å². The molecule has 1 aromatic heterocycles. The molecule has 148 valence electrons. The molecule has 0 N–H and O–H groups in total. The molecule has 0 bridgehead atoms. The Hall–Kier alpha value is -2.65. The number of hydrogen-bond acceptors (Lipinski definition) is 8. The average Bonchev–Trinajstić information content (AvgIpc) is 3.26. The number of anilines is 1. The van der Waals surface area contributed by atoms with Crippen LogP contribution >= 0.6 is 23.5 Å². The first-order chi connectivity index (χ1) is 14.3. The van der Waals surface area contributed by atoms with Gasteiger partial charge < -0.3 is 18.8 Å². The number of benzene rings is 2. The molecule has 0 fully saturated rings. The number of carbonyl (C=O) groups is 1. The van der Waals surface area contributed by atoms with Crippen LogP contribution in [0.3, 0.4) is 0 Å². The highest BCUT2D eigenvalue weighted by Gasteiger charge is 2.28. The Labute approximate surface area is 175 Å². The van der Waals surface area contributed by atoms with Crippen molar-refractivity contribution in [1.29, 1.82) is 0 Å². The molecular weight excluding hydrogens is 410 g/mol. The molecule has 2 aromatic carbocycles. The van der Waals surface area contributed by atoms with Crippen LogP contribution in [0.2, 0.25) is 0 Å². The third-order valence-corrected chi connectivity index (χ3v) is 6.40. The summed E-state index contributed by atoms with van der Waals surface area (Å²) in [5.74, 6) is 2.82. The Morgan fingerprint density at radius 3 is 2.90 bits per heavy atom. The molecule has 3 aromatic rings. The van der Waals surface area contributed by atoms with Crippen LogP contribution in [0.25, 0.3) is 0 Å². The average molecular weight is 428 g/mol. The van der Waals surface area contributed by atoms with E-state index in [4.69, 9.17) is 13.9 Å². The summed E-state index contributed by atoms with van der Waals surface area (Å²) < 4.78 is 17.3. The Morgan fingerprint density at radius 1 is 1.14 bits per heavy atom. The van der Waals surface area contributed by atoms with E-state index < -0.39 is 6.10 Å². The normalized spacial score (nSPS) is 17.7. The Balaban J connectivity index is 1.22. The zero-order valence-electron chi connectivity index (χ0n) is 15.3. The van der Waals surface area contributed by atoms with Crippen LogP contribution in [-0.2, 0) is 4.79 Å². The van der Waals surface area contributed by atoms with Gasteiger partial charge in [-0.05, 0) is 24.3 Å². The topological polar surface area (TPSA) is 77.7 Å². The predicted octanol–water partition coefficient (Wildman–Crippen LogP) is 3.81. The number of ether oxygens (including phenoxy) is 2. The van der Waals surface area contributed by atoms with Crippen molar-refractivity contribution in [2.45, 2.75) is 16.2 Å². The summed E-state index contributed by atoms with van der Waals surface area (Å²) in [4.78, 5) is 15.7. The van der Waals surface area contributed by atoms with Crippen molar-refractivity contribution in [2.75, 3.05) is 29.6 Å². The first kappa shape index (κ1) is 18.4. The molecule has 2 aliphatic heterocycles.